The Morgan fingerprint density at radius 1 is 1.45 bits per heavy atom. The van der Waals surface area contributed by atoms with E-state index in [4.69, 9.17) is 0 Å². The molecule has 1 heterocycles. The number of thiazole rings is 1. The predicted octanol–water partition coefficient (Wildman–Crippen LogP) is 3.64. The molecule has 1 N–H and O–H groups in total. The topological polar surface area (TPSA) is 46.5 Å². The third-order valence-electron chi connectivity index (χ3n) is 2.17. The average molecular weight is 301 g/mol. The molecule has 0 aliphatic carbocycles. The molecule has 1 aromatic heterocycles. The van der Waals surface area contributed by atoms with Crippen LogP contribution >= 0.6 is 11.3 Å². The molecule has 0 radical (unpaired) electrons. The Hall–Kier alpha value is -2.09. The van der Waals surface area contributed by atoms with Crippen LogP contribution in [0.5, 0.6) is 5.75 Å². The molecule has 0 spiro atoms. The fourth-order valence-electron chi connectivity index (χ4n) is 1.39. The maximum absolute atomic E-state index is 13.1. The summed E-state index contributed by atoms with van der Waals surface area (Å²) in [5, 5.41) is 6.19. The van der Waals surface area contributed by atoms with Crippen molar-refractivity contribution >= 4 is 22.7 Å². The van der Waals surface area contributed by atoms with Crippen molar-refractivity contribution in [3.8, 4) is 5.75 Å². The minimum Gasteiger partial charge on any atom is -0.434 e. The summed E-state index contributed by atoms with van der Waals surface area (Å²) in [7, 11) is 0. The number of halogens is 3. The molecule has 2 aromatic rings. The highest BCUT2D eigenvalue weighted by Gasteiger charge is 2.09. The fraction of sp³-hybridized carbons (Fsp3) is 0.167. The van der Waals surface area contributed by atoms with Crippen LogP contribution in [0.3, 0.4) is 0 Å². The second-order valence-corrected chi connectivity index (χ2v) is 4.58. The molecule has 0 atom stereocenters. The quantitative estimate of drug-likeness (QED) is 0.677. The Morgan fingerprint density at radius 2 is 2.25 bits per heavy atom. The zero-order valence-electron chi connectivity index (χ0n) is 10.3. The van der Waals surface area contributed by atoms with Gasteiger partial charge in [0.25, 0.3) is 0 Å². The van der Waals surface area contributed by atoms with Crippen LogP contribution in [0.15, 0.2) is 28.7 Å². The number of hydrogen-bond donors (Lipinski definition) is 1. The highest BCUT2D eigenvalue weighted by molar-refractivity contribution is 7.13. The van der Waals surface area contributed by atoms with Crippen molar-refractivity contribution in [2.75, 3.05) is 5.43 Å². The summed E-state index contributed by atoms with van der Waals surface area (Å²) in [6.45, 7) is -1.16. The summed E-state index contributed by atoms with van der Waals surface area (Å²) in [5.41, 5.74) is 3.56. The van der Waals surface area contributed by atoms with Gasteiger partial charge in [0.1, 0.15) is 11.6 Å². The van der Waals surface area contributed by atoms with E-state index < -0.39 is 12.4 Å². The standard InChI is InChI=1S/C12H10F3N3OS/c1-7-6-20-12(17-7)18-16-5-8-4-9(13)2-3-10(8)19-11(14)15/h2-6,11H,1H3,(H,17,18). The number of benzene rings is 1. The third-order valence-corrected chi connectivity index (χ3v) is 3.04. The van der Waals surface area contributed by atoms with Gasteiger partial charge in [-0.1, -0.05) is 0 Å². The molecule has 0 fully saturated rings. The van der Waals surface area contributed by atoms with Crippen molar-refractivity contribution < 1.29 is 17.9 Å². The molecule has 4 nitrogen and oxygen atoms in total. The van der Waals surface area contributed by atoms with E-state index in [1.54, 1.807) is 0 Å². The molecule has 0 bridgehead atoms. The minimum atomic E-state index is -2.98. The number of hydrogen-bond acceptors (Lipinski definition) is 5. The van der Waals surface area contributed by atoms with Crippen molar-refractivity contribution in [2.24, 2.45) is 5.10 Å². The molecule has 20 heavy (non-hydrogen) atoms. The van der Waals surface area contributed by atoms with Crippen molar-refractivity contribution in [1.82, 2.24) is 4.98 Å². The molecule has 2 rings (SSSR count). The van der Waals surface area contributed by atoms with Gasteiger partial charge in [0.2, 0.25) is 5.13 Å². The van der Waals surface area contributed by atoms with Gasteiger partial charge < -0.3 is 4.74 Å². The summed E-state index contributed by atoms with van der Waals surface area (Å²) in [6.07, 6.45) is 1.19. The minimum absolute atomic E-state index is 0.103. The Labute approximate surface area is 116 Å². The summed E-state index contributed by atoms with van der Waals surface area (Å²) in [4.78, 5) is 4.10. The maximum atomic E-state index is 13.1. The second-order valence-electron chi connectivity index (χ2n) is 3.72. The van der Waals surface area contributed by atoms with Gasteiger partial charge >= 0.3 is 6.61 Å². The van der Waals surface area contributed by atoms with Crippen LogP contribution in [0.25, 0.3) is 0 Å². The number of nitrogens with one attached hydrogen (secondary N) is 1. The van der Waals surface area contributed by atoms with E-state index in [0.717, 1.165) is 23.9 Å². The SMILES string of the molecule is Cc1csc(NN=Cc2cc(F)ccc2OC(F)F)n1. The van der Waals surface area contributed by atoms with Crippen molar-refractivity contribution in [3.05, 3.63) is 40.7 Å². The van der Waals surface area contributed by atoms with Crippen molar-refractivity contribution in [1.29, 1.82) is 0 Å². The average Bonchev–Trinajstić information content (AvgIpc) is 2.78. The van der Waals surface area contributed by atoms with Crippen LogP contribution in [0.1, 0.15) is 11.3 Å². The smallest absolute Gasteiger partial charge is 0.387 e. The lowest BCUT2D eigenvalue weighted by molar-refractivity contribution is -0.0499. The van der Waals surface area contributed by atoms with E-state index in [0.29, 0.717) is 5.13 Å². The molecule has 106 valence electrons. The lowest BCUT2D eigenvalue weighted by Gasteiger charge is -2.07. The van der Waals surface area contributed by atoms with E-state index >= 15 is 0 Å². The van der Waals surface area contributed by atoms with Gasteiger partial charge in [0.15, 0.2) is 0 Å². The second kappa shape index (κ2) is 6.38. The lowest BCUT2D eigenvalue weighted by atomic mass is 10.2. The molecule has 0 saturated heterocycles. The molecule has 0 saturated carbocycles. The van der Waals surface area contributed by atoms with Gasteiger partial charge in [-0.3, -0.25) is 5.43 Å². The summed E-state index contributed by atoms with van der Waals surface area (Å²) in [6, 6.07) is 3.21. The fourth-order valence-corrected chi connectivity index (χ4v) is 2.02. The number of rotatable bonds is 5. The molecule has 0 unspecified atom stereocenters. The Bertz CT molecular complexity index is 616. The van der Waals surface area contributed by atoms with E-state index in [9.17, 15) is 13.2 Å². The van der Waals surface area contributed by atoms with E-state index in [1.807, 2.05) is 12.3 Å². The van der Waals surface area contributed by atoms with E-state index in [1.165, 1.54) is 17.6 Å². The number of ether oxygens (including phenoxy) is 1. The van der Waals surface area contributed by atoms with Gasteiger partial charge in [-0.25, -0.2) is 9.37 Å². The van der Waals surface area contributed by atoms with Gasteiger partial charge in [0, 0.05) is 10.9 Å². The van der Waals surface area contributed by atoms with Gasteiger partial charge in [-0.05, 0) is 25.1 Å². The van der Waals surface area contributed by atoms with E-state index in [2.05, 4.69) is 20.2 Å². The zero-order chi connectivity index (χ0) is 14.5. The molecule has 8 heteroatoms. The first-order valence-electron chi connectivity index (χ1n) is 5.50. The number of anilines is 1. The maximum Gasteiger partial charge on any atom is 0.387 e. The number of alkyl halides is 2. The van der Waals surface area contributed by atoms with Gasteiger partial charge in [-0.2, -0.15) is 13.9 Å². The molecular formula is C12H10F3N3OS. The van der Waals surface area contributed by atoms with Crippen LogP contribution in [0.2, 0.25) is 0 Å². The first-order chi connectivity index (χ1) is 9.54. The molecule has 0 aliphatic rings. The number of hydrazone groups is 1. The molecular weight excluding hydrogens is 291 g/mol. The monoisotopic (exact) mass is 301 g/mol. The molecule has 0 aliphatic heterocycles. The van der Waals surface area contributed by atoms with E-state index in [-0.39, 0.29) is 11.3 Å². The van der Waals surface area contributed by atoms with Crippen LogP contribution < -0.4 is 10.2 Å². The van der Waals surface area contributed by atoms with Crippen LogP contribution in [-0.4, -0.2) is 17.8 Å². The highest BCUT2D eigenvalue weighted by atomic mass is 32.1. The van der Waals surface area contributed by atoms with Crippen molar-refractivity contribution in [3.63, 3.8) is 0 Å². The Morgan fingerprint density at radius 3 is 2.90 bits per heavy atom. The lowest BCUT2D eigenvalue weighted by Crippen LogP contribution is -2.05. The summed E-state index contributed by atoms with van der Waals surface area (Å²) >= 11 is 1.34. The van der Waals surface area contributed by atoms with Crippen LogP contribution in [-0.2, 0) is 0 Å². The van der Waals surface area contributed by atoms with Crippen LogP contribution in [0, 0.1) is 12.7 Å². The summed E-state index contributed by atoms with van der Waals surface area (Å²) < 4.78 is 41.8. The first kappa shape index (κ1) is 14.3. The Balaban J connectivity index is 2.12. The molecule has 1 aromatic carbocycles. The third kappa shape index (κ3) is 3.95. The number of aryl methyl sites for hydroxylation is 1. The first-order valence-corrected chi connectivity index (χ1v) is 6.38. The van der Waals surface area contributed by atoms with Crippen LogP contribution in [0.4, 0.5) is 18.3 Å². The predicted molar refractivity (Wildman–Crippen MR) is 71.1 cm³/mol. The largest absolute Gasteiger partial charge is 0.434 e. The molecule has 0 amide bonds. The normalized spacial score (nSPS) is 11.2. The van der Waals surface area contributed by atoms with Gasteiger partial charge in [0.05, 0.1) is 11.9 Å². The highest BCUT2D eigenvalue weighted by Crippen LogP contribution is 2.20. The zero-order valence-corrected chi connectivity index (χ0v) is 11.1. The van der Waals surface area contributed by atoms with Crippen molar-refractivity contribution in [2.45, 2.75) is 13.5 Å². The van der Waals surface area contributed by atoms with Gasteiger partial charge in [-0.15, -0.1) is 11.3 Å². The summed E-state index contributed by atoms with van der Waals surface area (Å²) in [5.74, 6) is -0.722. The number of nitrogens with zero attached hydrogens (tertiary/aromatic N) is 2. The Kier molecular flexibility index (Phi) is 4.57. The number of aromatic nitrogens is 1.